The third kappa shape index (κ3) is 3.75. The molecule has 0 atom stereocenters. The van der Waals surface area contributed by atoms with Crippen molar-refractivity contribution in [3.8, 4) is 5.75 Å². The fourth-order valence-electron chi connectivity index (χ4n) is 2.17. The van der Waals surface area contributed by atoms with Crippen LogP contribution in [0.4, 0.5) is 5.69 Å². The number of nitrogens with zero attached hydrogens (tertiary/aromatic N) is 1. The van der Waals surface area contributed by atoms with E-state index in [4.69, 9.17) is 5.73 Å². The number of hydrogen-bond donors (Lipinski definition) is 2. The number of phenols is 1. The summed E-state index contributed by atoms with van der Waals surface area (Å²) in [7, 11) is 0. The smallest absolute Gasteiger partial charge is 0.253 e. The van der Waals surface area contributed by atoms with Gasteiger partial charge in [-0.2, -0.15) is 0 Å². The molecule has 21 heavy (non-hydrogen) atoms. The van der Waals surface area contributed by atoms with Gasteiger partial charge in [-0.3, -0.25) is 4.79 Å². The van der Waals surface area contributed by atoms with Crippen molar-refractivity contribution in [2.24, 2.45) is 0 Å². The topological polar surface area (TPSA) is 66.6 Å². The molecule has 2 aromatic carbocycles. The Labute approximate surface area is 124 Å². The van der Waals surface area contributed by atoms with Crippen molar-refractivity contribution in [3.05, 3.63) is 59.7 Å². The number of carbonyl (C=O) groups excluding carboxylic acids is 1. The molecule has 110 valence electrons. The molecule has 4 nitrogen and oxygen atoms in total. The van der Waals surface area contributed by atoms with Gasteiger partial charge in [-0.05, 0) is 37.1 Å². The monoisotopic (exact) mass is 284 g/mol. The molecule has 0 bridgehead atoms. The minimum Gasteiger partial charge on any atom is -0.506 e. The molecule has 0 saturated carbocycles. The van der Waals surface area contributed by atoms with Gasteiger partial charge in [0.1, 0.15) is 5.75 Å². The molecule has 2 aromatic rings. The summed E-state index contributed by atoms with van der Waals surface area (Å²) in [5, 5.41) is 9.62. The molecular weight excluding hydrogens is 264 g/mol. The Balaban J connectivity index is 2.06. The van der Waals surface area contributed by atoms with Gasteiger partial charge in [0.25, 0.3) is 5.91 Å². The Morgan fingerprint density at radius 1 is 1.19 bits per heavy atom. The van der Waals surface area contributed by atoms with Crippen LogP contribution >= 0.6 is 0 Å². The van der Waals surface area contributed by atoms with Crippen LogP contribution in [0.25, 0.3) is 0 Å². The normalized spacial score (nSPS) is 10.3. The number of benzene rings is 2. The number of anilines is 1. The lowest BCUT2D eigenvalue weighted by molar-refractivity contribution is 0.0766. The average Bonchev–Trinajstić information content (AvgIpc) is 2.51. The number of rotatable bonds is 5. The minimum atomic E-state index is -0.0938. The van der Waals surface area contributed by atoms with Gasteiger partial charge >= 0.3 is 0 Å². The van der Waals surface area contributed by atoms with Crippen molar-refractivity contribution in [2.75, 3.05) is 18.8 Å². The second-order valence-electron chi connectivity index (χ2n) is 4.89. The summed E-state index contributed by atoms with van der Waals surface area (Å²) in [4.78, 5) is 14.2. The van der Waals surface area contributed by atoms with Crippen molar-refractivity contribution in [1.29, 1.82) is 0 Å². The Kier molecular flexibility index (Phi) is 4.82. The van der Waals surface area contributed by atoms with Crippen LogP contribution in [-0.2, 0) is 6.42 Å². The average molecular weight is 284 g/mol. The van der Waals surface area contributed by atoms with E-state index in [9.17, 15) is 9.90 Å². The molecule has 3 N–H and O–H groups in total. The Hall–Kier alpha value is -2.49. The van der Waals surface area contributed by atoms with Gasteiger partial charge in [-0.15, -0.1) is 0 Å². The van der Waals surface area contributed by atoms with E-state index in [0.717, 1.165) is 6.42 Å². The standard InChI is InChI=1S/C17H20N2O2/c1-2-19(11-10-13-6-4-3-5-7-13)17(21)14-8-9-15(18)16(20)12-14/h3-9,12,20H,2,10-11,18H2,1H3. The van der Waals surface area contributed by atoms with Crippen molar-refractivity contribution in [3.63, 3.8) is 0 Å². The van der Waals surface area contributed by atoms with E-state index in [1.54, 1.807) is 17.0 Å². The van der Waals surface area contributed by atoms with Crippen molar-refractivity contribution in [2.45, 2.75) is 13.3 Å². The first kappa shape index (κ1) is 14.9. The zero-order chi connectivity index (χ0) is 15.2. The first-order valence-corrected chi connectivity index (χ1v) is 7.03. The molecule has 2 rings (SSSR count). The summed E-state index contributed by atoms with van der Waals surface area (Å²) < 4.78 is 0. The SMILES string of the molecule is CCN(CCc1ccccc1)C(=O)c1ccc(N)c(O)c1. The molecule has 0 unspecified atom stereocenters. The lowest BCUT2D eigenvalue weighted by Crippen LogP contribution is -2.32. The Morgan fingerprint density at radius 2 is 1.90 bits per heavy atom. The van der Waals surface area contributed by atoms with E-state index in [1.165, 1.54) is 11.6 Å². The summed E-state index contributed by atoms with van der Waals surface area (Å²) in [5.74, 6) is -0.149. The third-order valence-corrected chi connectivity index (χ3v) is 3.46. The van der Waals surface area contributed by atoms with Crippen LogP contribution in [0.15, 0.2) is 48.5 Å². The third-order valence-electron chi connectivity index (χ3n) is 3.46. The highest BCUT2D eigenvalue weighted by Gasteiger charge is 2.15. The summed E-state index contributed by atoms with van der Waals surface area (Å²) in [6, 6.07) is 14.7. The van der Waals surface area contributed by atoms with Crippen LogP contribution < -0.4 is 5.73 Å². The van der Waals surface area contributed by atoms with E-state index in [1.807, 2.05) is 37.3 Å². The van der Waals surface area contributed by atoms with E-state index in [2.05, 4.69) is 0 Å². The van der Waals surface area contributed by atoms with Gasteiger partial charge < -0.3 is 15.7 Å². The van der Waals surface area contributed by atoms with E-state index >= 15 is 0 Å². The van der Waals surface area contributed by atoms with Gasteiger partial charge in [0.2, 0.25) is 0 Å². The highest BCUT2D eigenvalue weighted by atomic mass is 16.3. The van der Waals surface area contributed by atoms with E-state index in [-0.39, 0.29) is 17.3 Å². The number of hydrogen-bond acceptors (Lipinski definition) is 3. The predicted octanol–water partition coefficient (Wildman–Crippen LogP) is 2.68. The molecule has 1 amide bonds. The molecule has 0 heterocycles. The molecule has 0 aliphatic carbocycles. The lowest BCUT2D eigenvalue weighted by atomic mass is 10.1. The molecule has 0 aliphatic rings. The number of aromatic hydroxyl groups is 1. The predicted molar refractivity (Wildman–Crippen MR) is 84.2 cm³/mol. The Morgan fingerprint density at radius 3 is 2.52 bits per heavy atom. The maximum Gasteiger partial charge on any atom is 0.253 e. The first-order chi connectivity index (χ1) is 10.1. The maximum atomic E-state index is 12.4. The van der Waals surface area contributed by atoms with Crippen LogP contribution in [0.3, 0.4) is 0 Å². The quantitative estimate of drug-likeness (QED) is 0.655. The molecule has 4 heteroatoms. The molecule has 0 fully saturated rings. The molecular formula is C17H20N2O2. The van der Waals surface area contributed by atoms with Crippen LogP contribution in [0.5, 0.6) is 5.75 Å². The minimum absolute atomic E-state index is 0.0556. The van der Waals surface area contributed by atoms with Gasteiger partial charge in [0.05, 0.1) is 5.69 Å². The molecule has 0 aliphatic heterocycles. The summed E-state index contributed by atoms with van der Waals surface area (Å²) in [6.45, 7) is 3.21. The van der Waals surface area contributed by atoms with E-state index < -0.39 is 0 Å². The van der Waals surface area contributed by atoms with Crippen LogP contribution in [0, 0.1) is 0 Å². The second kappa shape index (κ2) is 6.79. The molecule has 0 aromatic heterocycles. The number of amides is 1. The summed E-state index contributed by atoms with van der Waals surface area (Å²) >= 11 is 0. The Bertz CT molecular complexity index is 611. The highest BCUT2D eigenvalue weighted by molar-refractivity contribution is 5.95. The summed E-state index contributed by atoms with van der Waals surface area (Å²) in [6.07, 6.45) is 0.807. The summed E-state index contributed by atoms with van der Waals surface area (Å²) in [5.41, 5.74) is 7.49. The zero-order valence-corrected chi connectivity index (χ0v) is 12.1. The van der Waals surface area contributed by atoms with Gasteiger partial charge in [0.15, 0.2) is 0 Å². The molecule has 0 saturated heterocycles. The van der Waals surface area contributed by atoms with Crippen molar-refractivity contribution < 1.29 is 9.90 Å². The van der Waals surface area contributed by atoms with Crippen LogP contribution in [-0.4, -0.2) is 29.0 Å². The fourth-order valence-corrected chi connectivity index (χ4v) is 2.17. The van der Waals surface area contributed by atoms with Crippen molar-refractivity contribution >= 4 is 11.6 Å². The molecule has 0 radical (unpaired) electrons. The number of likely N-dealkylation sites (N-methyl/N-ethyl adjacent to an activating group) is 1. The number of nitrogen functional groups attached to an aromatic ring is 1. The largest absolute Gasteiger partial charge is 0.506 e. The number of nitrogens with two attached hydrogens (primary N) is 1. The van der Waals surface area contributed by atoms with Crippen LogP contribution in [0.2, 0.25) is 0 Å². The number of phenolic OH excluding ortho intramolecular Hbond substituents is 1. The zero-order valence-electron chi connectivity index (χ0n) is 12.1. The lowest BCUT2D eigenvalue weighted by Gasteiger charge is -2.21. The van der Waals surface area contributed by atoms with Gasteiger partial charge in [-0.25, -0.2) is 0 Å². The van der Waals surface area contributed by atoms with Crippen molar-refractivity contribution in [1.82, 2.24) is 4.90 Å². The highest BCUT2D eigenvalue weighted by Crippen LogP contribution is 2.21. The van der Waals surface area contributed by atoms with Gasteiger partial charge in [0, 0.05) is 18.7 Å². The maximum absolute atomic E-state index is 12.4. The molecule has 0 spiro atoms. The van der Waals surface area contributed by atoms with Gasteiger partial charge in [-0.1, -0.05) is 30.3 Å². The fraction of sp³-hybridized carbons (Fsp3) is 0.235. The number of carbonyl (C=O) groups is 1. The second-order valence-corrected chi connectivity index (χ2v) is 4.89. The van der Waals surface area contributed by atoms with E-state index in [0.29, 0.717) is 18.7 Å². The van der Waals surface area contributed by atoms with Crippen LogP contribution in [0.1, 0.15) is 22.8 Å². The first-order valence-electron chi connectivity index (χ1n) is 7.03.